The highest BCUT2D eigenvalue weighted by atomic mass is 35.5. The van der Waals surface area contributed by atoms with E-state index < -0.39 is 0 Å². The number of halogens is 1. The number of nitrogens with zero attached hydrogens (tertiary/aromatic N) is 3. The lowest BCUT2D eigenvalue weighted by Crippen LogP contribution is -2.17. The van der Waals surface area contributed by atoms with Crippen molar-refractivity contribution in [3.05, 3.63) is 53.4 Å². The first-order valence-electron chi connectivity index (χ1n) is 10.7. The highest BCUT2D eigenvalue weighted by Crippen LogP contribution is 2.38. The van der Waals surface area contributed by atoms with Crippen molar-refractivity contribution in [3.63, 3.8) is 0 Å². The number of hydrogen-bond donors (Lipinski definition) is 2. The van der Waals surface area contributed by atoms with Crippen LogP contribution < -0.4 is 11.1 Å². The third kappa shape index (κ3) is 3.37. The van der Waals surface area contributed by atoms with Crippen molar-refractivity contribution in [2.24, 2.45) is 5.92 Å². The van der Waals surface area contributed by atoms with E-state index in [2.05, 4.69) is 35.4 Å². The number of fused-ring (bicyclic) bond motifs is 3. The minimum absolute atomic E-state index is 0.467. The molecule has 4 aromatic rings. The zero-order chi connectivity index (χ0) is 20.7. The first-order chi connectivity index (χ1) is 14.6. The zero-order valence-electron chi connectivity index (χ0n) is 17.2. The number of hydrogen-bond acceptors (Lipinski definition) is 4. The molecule has 0 aliphatic heterocycles. The van der Waals surface area contributed by atoms with Gasteiger partial charge in [0.05, 0.1) is 23.6 Å². The zero-order valence-corrected chi connectivity index (χ0v) is 17.9. The molecule has 5 nitrogen and oxygen atoms in total. The van der Waals surface area contributed by atoms with Crippen LogP contribution in [0.15, 0.2) is 42.9 Å². The second kappa shape index (κ2) is 7.80. The lowest BCUT2D eigenvalue weighted by Gasteiger charge is -2.23. The third-order valence-corrected chi connectivity index (χ3v) is 6.61. The molecule has 0 spiro atoms. The summed E-state index contributed by atoms with van der Waals surface area (Å²) >= 11 is 6.65. The van der Waals surface area contributed by atoms with Gasteiger partial charge in [-0.05, 0) is 49.4 Å². The molecule has 154 valence electrons. The van der Waals surface area contributed by atoms with Crippen molar-refractivity contribution in [2.75, 3.05) is 17.6 Å². The minimum atomic E-state index is 0.467. The molecule has 2 aromatic carbocycles. The molecule has 1 aliphatic carbocycles. The average molecular weight is 420 g/mol. The number of nitrogens with two attached hydrogens (primary N) is 1. The molecule has 6 heteroatoms. The van der Waals surface area contributed by atoms with Crippen molar-refractivity contribution < 1.29 is 0 Å². The van der Waals surface area contributed by atoms with Crippen LogP contribution in [0.1, 0.15) is 37.7 Å². The first kappa shape index (κ1) is 19.2. The lowest BCUT2D eigenvalue weighted by molar-refractivity contribution is 0.373. The van der Waals surface area contributed by atoms with Crippen LogP contribution in [0.3, 0.4) is 0 Å². The summed E-state index contributed by atoms with van der Waals surface area (Å²) in [6.45, 7) is 3.07. The van der Waals surface area contributed by atoms with Crippen LogP contribution in [-0.4, -0.2) is 20.9 Å². The largest absolute Gasteiger partial charge is 0.385 e. The van der Waals surface area contributed by atoms with Crippen LogP contribution >= 0.6 is 11.6 Å². The second-order valence-electron chi connectivity index (χ2n) is 8.35. The summed E-state index contributed by atoms with van der Waals surface area (Å²) in [6, 6.07) is 10.3. The standard InChI is InChI=1S/C24H26ClN5/c1-15-6-5-9-19(25)22(15)18-10-17(28-12-16-7-3-2-4-8-16)11-20-23(18)29-24(26)21-13-27-14-30(20)21/h5-6,9-11,13-14,16,28H,2-4,7-8,12H2,1H3,(H2,26,29). The van der Waals surface area contributed by atoms with Gasteiger partial charge in [-0.25, -0.2) is 9.97 Å². The maximum absolute atomic E-state index is 6.65. The van der Waals surface area contributed by atoms with E-state index in [-0.39, 0.29) is 0 Å². The lowest BCUT2D eigenvalue weighted by atomic mass is 9.89. The normalized spacial score (nSPS) is 15.1. The smallest absolute Gasteiger partial charge is 0.150 e. The molecule has 2 heterocycles. The Morgan fingerprint density at radius 1 is 1.17 bits per heavy atom. The topological polar surface area (TPSA) is 68.2 Å². The number of nitrogen functional groups attached to an aromatic ring is 1. The van der Waals surface area contributed by atoms with Gasteiger partial charge in [-0.2, -0.15) is 0 Å². The second-order valence-corrected chi connectivity index (χ2v) is 8.76. The predicted molar refractivity (Wildman–Crippen MR) is 125 cm³/mol. The Balaban J connectivity index is 1.69. The number of aryl methyl sites for hydroxylation is 1. The van der Waals surface area contributed by atoms with Gasteiger partial charge in [-0.15, -0.1) is 0 Å². The van der Waals surface area contributed by atoms with Gasteiger partial charge in [0.2, 0.25) is 0 Å². The summed E-state index contributed by atoms with van der Waals surface area (Å²) in [4.78, 5) is 9.05. The van der Waals surface area contributed by atoms with Gasteiger partial charge < -0.3 is 11.1 Å². The number of nitrogens with one attached hydrogen (secondary N) is 1. The molecular formula is C24H26ClN5. The number of imidazole rings is 1. The van der Waals surface area contributed by atoms with Crippen LogP contribution in [0.5, 0.6) is 0 Å². The maximum atomic E-state index is 6.65. The molecule has 30 heavy (non-hydrogen) atoms. The molecule has 0 atom stereocenters. The van der Waals surface area contributed by atoms with Crippen LogP contribution in [-0.2, 0) is 0 Å². The molecule has 3 N–H and O–H groups in total. The summed E-state index contributed by atoms with van der Waals surface area (Å²) in [5.74, 6) is 1.20. The minimum Gasteiger partial charge on any atom is -0.385 e. The monoisotopic (exact) mass is 419 g/mol. The highest BCUT2D eigenvalue weighted by Gasteiger charge is 2.18. The van der Waals surface area contributed by atoms with Crippen LogP contribution in [0, 0.1) is 12.8 Å². The summed E-state index contributed by atoms with van der Waals surface area (Å²) < 4.78 is 2.01. The van der Waals surface area contributed by atoms with E-state index in [0.717, 1.165) is 51.4 Å². The molecule has 0 bridgehead atoms. The third-order valence-electron chi connectivity index (χ3n) is 6.29. The predicted octanol–water partition coefficient (Wildman–Crippen LogP) is 6.09. The number of anilines is 2. The Kier molecular flexibility index (Phi) is 4.99. The molecule has 0 radical (unpaired) electrons. The molecule has 1 saturated carbocycles. The van der Waals surface area contributed by atoms with E-state index >= 15 is 0 Å². The molecule has 1 aliphatic rings. The average Bonchev–Trinajstić information content (AvgIpc) is 3.24. The van der Waals surface area contributed by atoms with Crippen molar-refractivity contribution in [1.29, 1.82) is 0 Å². The number of benzene rings is 2. The molecule has 0 unspecified atom stereocenters. The molecule has 2 aromatic heterocycles. The summed E-state index contributed by atoms with van der Waals surface area (Å²) in [5.41, 5.74) is 13.1. The fraction of sp³-hybridized carbons (Fsp3) is 0.333. The Bertz CT molecular complexity index is 1200. The van der Waals surface area contributed by atoms with Crippen LogP contribution in [0.2, 0.25) is 5.02 Å². The van der Waals surface area contributed by atoms with Crippen molar-refractivity contribution in [3.8, 4) is 11.1 Å². The van der Waals surface area contributed by atoms with E-state index in [1.54, 1.807) is 12.5 Å². The van der Waals surface area contributed by atoms with Gasteiger partial charge in [-0.1, -0.05) is 43.0 Å². The van der Waals surface area contributed by atoms with Crippen molar-refractivity contribution in [1.82, 2.24) is 14.4 Å². The van der Waals surface area contributed by atoms with Crippen LogP contribution in [0.4, 0.5) is 11.5 Å². The fourth-order valence-corrected chi connectivity index (χ4v) is 5.02. The van der Waals surface area contributed by atoms with E-state index in [9.17, 15) is 0 Å². The van der Waals surface area contributed by atoms with E-state index in [1.165, 1.54) is 32.1 Å². The summed E-state index contributed by atoms with van der Waals surface area (Å²) in [7, 11) is 0. The summed E-state index contributed by atoms with van der Waals surface area (Å²) in [6.07, 6.45) is 10.2. The van der Waals surface area contributed by atoms with Gasteiger partial charge >= 0.3 is 0 Å². The molecule has 0 saturated heterocycles. The van der Waals surface area contributed by atoms with E-state index in [4.69, 9.17) is 22.3 Å². The molecule has 1 fully saturated rings. The van der Waals surface area contributed by atoms with Gasteiger partial charge in [0.1, 0.15) is 11.3 Å². The number of rotatable bonds is 4. The first-order valence-corrected chi connectivity index (χ1v) is 11.0. The van der Waals surface area contributed by atoms with Gasteiger partial charge in [0, 0.05) is 28.4 Å². The Labute approximate surface area is 181 Å². The van der Waals surface area contributed by atoms with Crippen molar-refractivity contribution >= 4 is 39.7 Å². The Morgan fingerprint density at radius 3 is 2.80 bits per heavy atom. The van der Waals surface area contributed by atoms with Gasteiger partial charge in [-0.3, -0.25) is 4.40 Å². The Morgan fingerprint density at radius 2 is 2.00 bits per heavy atom. The van der Waals surface area contributed by atoms with Gasteiger partial charge in [0.15, 0.2) is 0 Å². The maximum Gasteiger partial charge on any atom is 0.150 e. The van der Waals surface area contributed by atoms with Crippen molar-refractivity contribution in [2.45, 2.75) is 39.0 Å². The Hall–Kier alpha value is -2.79. The highest BCUT2D eigenvalue weighted by molar-refractivity contribution is 6.34. The quantitative estimate of drug-likeness (QED) is 0.420. The van der Waals surface area contributed by atoms with Gasteiger partial charge in [0.25, 0.3) is 0 Å². The van der Waals surface area contributed by atoms with Crippen LogP contribution in [0.25, 0.3) is 27.7 Å². The van der Waals surface area contributed by atoms with E-state index in [0.29, 0.717) is 10.8 Å². The molecule has 0 amide bonds. The summed E-state index contributed by atoms with van der Waals surface area (Å²) in [5, 5.41) is 4.41. The fourth-order valence-electron chi connectivity index (χ4n) is 4.69. The SMILES string of the molecule is Cc1cccc(Cl)c1-c1cc(NCC2CCCCC2)cc2c1nc(N)c1cncn12. The van der Waals surface area contributed by atoms with E-state index in [1.807, 2.05) is 16.5 Å². The molecular weight excluding hydrogens is 394 g/mol. The number of aromatic nitrogens is 3. The molecule has 5 rings (SSSR count).